The number of aromatic nitrogens is 4. The van der Waals surface area contributed by atoms with Crippen LogP contribution in [0.3, 0.4) is 0 Å². The zero-order valence-electron chi connectivity index (χ0n) is 18.3. The summed E-state index contributed by atoms with van der Waals surface area (Å²) in [4.78, 5) is 16.7. The Bertz CT molecular complexity index is 882. The second-order valence-corrected chi connectivity index (χ2v) is 8.70. The van der Waals surface area contributed by atoms with Gasteiger partial charge < -0.3 is 14.5 Å². The molecule has 0 spiro atoms. The minimum atomic E-state index is 0.773. The Balaban J connectivity index is 1.24. The molecule has 0 aromatic carbocycles. The Labute approximate surface area is 178 Å². The molecule has 1 aliphatic carbocycles. The van der Waals surface area contributed by atoms with Crippen molar-refractivity contribution in [2.45, 2.75) is 39.2 Å². The van der Waals surface area contributed by atoms with Crippen molar-refractivity contribution < 1.29 is 4.74 Å². The first-order chi connectivity index (χ1) is 14.7. The number of morpholine rings is 1. The van der Waals surface area contributed by atoms with Crippen LogP contribution in [0.4, 0.5) is 11.6 Å². The quantitative estimate of drug-likeness (QED) is 0.757. The summed E-state index contributed by atoms with van der Waals surface area (Å²) in [7, 11) is 2.11. The van der Waals surface area contributed by atoms with Gasteiger partial charge in [-0.15, -0.1) is 0 Å². The molecule has 2 aromatic rings. The van der Waals surface area contributed by atoms with Crippen LogP contribution in [0.15, 0.2) is 6.07 Å². The molecule has 30 heavy (non-hydrogen) atoms. The van der Waals surface area contributed by atoms with E-state index in [-0.39, 0.29) is 0 Å². The van der Waals surface area contributed by atoms with E-state index in [0.717, 1.165) is 82.9 Å². The van der Waals surface area contributed by atoms with Gasteiger partial charge in [0, 0.05) is 58.9 Å². The number of anilines is 2. The Morgan fingerprint density at radius 2 is 1.57 bits per heavy atom. The van der Waals surface area contributed by atoms with Crippen molar-refractivity contribution in [3.05, 3.63) is 28.8 Å². The van der Waals surface area contributed by atoms with Crippen molar-refractivity contribution in [1.82, 2.24) is 24.6 Å². The Hall–Kier alpha value is -2.19. The third-order valence-electron chi connectivity index (χ3n) is 6.66. The van der Waals surface area contributed by atoms with Crippen molar-refractivity contribution >= 4 is 11.6 Å². The van der Waals surface area contributed by atoms with Crippen LogP contribution in [0.2, 0.25) is 0 Å². The smallest absolute Gasteiger partial charge is 0.134 e. The number of aryl methyl sites for hydroxylation is 3. The van der Waals surface area contributed by atoms with Crippen molar-refractivity contribution in [3.8, 4) is 0 Å². The van der Waals surface area contributed by atoms with Crippen LogP contribution in [0.25, 0.3) is 0 Å². The molecule has 0 bridgehead atoms. The molecular weight excluding hydrogens is 378 g/mol. The lowest BCUT2D eigenvalue weighted by Crippen LogP contribution is -2.46. The van der Waals surface area contributed by atoms with Gasteiger partial charge >= 0.3 is 0 Å². The van der Waals surface area contributed by atoms with E-state index in [0.29, 0.717) is 0 Å². The first-order valence-electron chi connectivity index (χ1n) is 11.4. The molecule has 0 N–H and O–H groups in total. The molecule has 2 saturated heterocycles. The van der Waals surface area contributed by atoms with Crippen LogP contribution >= 0.6 is 0 Å². The highest BCUT2D eigenvalue weighted by Gasteiger charge is 2.24. The number of rotatable bonds is 4. The molecule has 0 amide bonds. The molecule has 5 rings (SSSR count). The summed E-state index contributed by atoms with van der Waals surface area (Å²) in [5.41, 5.74) is 4.28. The zero-order valence-corrected chi connectivity index (χ0v) is 18.3. The fourth-order valence-electron chi connectivity index (χ4n) is 4.95. The minimum Gasteiger partial charge on any atom is -0.378 e. The van der Waals surface area contributed by atoms with E-state index in [1.807, 2.05) is 6.92 Å². The normalized spacial score (nSPS) is 20.5. The van der Waals surface area contributed by atoms with E-state index in [2.05, 4.69) is 37.5 Å². The largest absolute Gasteiger partial charge is 0.378 e. The van der Waals surface area contributed by atoms with Gasteiger partial charge in [-0.25, -0.2) is 9.97 Å². The van der Waals surface area contributed by atoms with Crippen LogP contribution in [0.1, 0.15) is 35.6 Å². The SMILES string of the molecule is Cc1nc(N2CCOCC2)cc(N2CCN(Cc3c4c(nn3C)CCCC4)CC2)n1. The number of piperazine rings is 1. The molecular formula is C22H33N7O. The molecule has 2 aliphatic heterocycles. The summed E-state index contributed by atoms with van der Waals surface area (Å²) in [6.45, 7) is 10.5. The van der Waals surface area contributed by atoms with Crippen molar-refractivity contribution in [3.63, 3.8) is 0 Å². The first-order valence-corrected chi connectivity index (χ1v) is 11.4. The van der Waals surface area contributed by atoms with Gasteiger partial charge in [-0.1, -0.05) is 0 Å². The van der Waals surface area contributed by atoms with Crippen molar-refractivity contribution in [2.24, 2.45) is 7.05 Å². The van der Waals surface area contributed by atoms with E-state index in [1.165, 1.54) is 36.2 Å². The second-order valence-electron chi connectivity index (χ2n) is 8.70. The van der Waals surface area contributed by atoms with E-state index in [9.17, 15) is 0 Å². The summed E-state index contributed by atoms with van der Waals surface area (Å²) >= 11 is 0. The maximum Gasteiger partial charge on any atom is 0.134 e. The topological polar surface area (TPSA) is 62.6 Å². The van der Waals surface area contributed by atoms with Crippen molar-refractivity contribution in [2.75, 3.05) is 62.3 Å². The van der Waals surface area contributed by atoms with Crippen LogP contribution < -0.4 is 9.80 Å². The molecule has 3 aliphatic rings. The van der Waals surface area contributed by atoms with Crippen LogP contribution in [-0.4, -0.2) is 77.1 Å². The molecule has 4 heterocycles. The molecule has 2 aromatic heterocycles. The molecule has 8 nitrogen and oxygen atoms in total. The number of fused-ring (bicyclic) bond motifs is 1. The molecule has 0 unspecified atom stereocenters. The molecule has 2 fully saturated rings. The van der Waals surface area contributed by atoms with Crippen LogP contribution in [-0.2, 0) is 31.2 Å². The third kappa shape index (κ3) is 4.03. The summed E-state index contributed by atoms with van der Waals surface area (Å²) < 4.78 is 7.62. The van der Waals surface area contributed by atoms with Crippen LogP contribution in [0.5, 0.6) is 0 Å². The molecule has 0 atom stereocenters. The van der Waals surface area contributed by atoms with Gasteiger partial charge in [0.1, 0.15) is 17.5 Å². The Morgan fingerprint density at radius 3 is 2.30 bits per heavy atom. The molecule has 8 heteroatoms. The molecule has 162 valence electrons. The average Bonchev–Trinajstić information content (AvgIpc) is 3.09. The highest BCUT2D eigenvalue weighted by Crippen LogP contribution is 2.26. The lowest BCUT2D eigenvalue weighted by atomic mass is 9.95. The van der Waals surface area contributed by atoms with Gasteiger partial charge in [-0.05, 0) is 38.2 Å². The highest BCUT2D eigenvalue weighted by atomic mass is 16.5. The number of hydrogen-bond acceptors (Lipinski definition) is 7. The fourth-order valence-corrected chi connectivity index (χ4v) is 4.95. The third-order valence-corrected chi connectivity index (χ3v) is 6.66. The standard InChI is InChI=1S/C22H33N7O/c1-17-23-21(15-22(24-17)29-11-13-30-14-12-29)28-9-7-27(8-10-28)16-20-18-5-3-4-6-19(18)25-26(20)2/h15H,3-14,16H2,1-2H3. The lowest BCUT2D eigenvalue weighted by Gasteiger charge is -2.36. The first kappa shape index (κ1) is 19.8. The maximum atomic E-state index is 5.49. The van der Waals surface area contributed by atoms with E-state index < -0.39 is 0 Å². The number of nitrogens with zero attached hydrogens (tertiary/aromatic N) is 7. The van der Waals surface area contributed by atoms with Gasteiger partial charge in [0.2, 0.25) is 0 Å². The highest BCUT2D eigenvalue weighted by molar-refractivity contribution is 5.51. The monoisotopic (exact) mass is 411 g/mol. The van der Waals surface area contributed by atoms with Crippen LogP contribution in [0, 0.1) is 6.92 Å². The molecule has 0 saturated carbocycles. The average molecular weight is 412 g/mol. The predicted octanol–water partition coefficient (Wildman–Crippen LogP) is 1.56. The fraction of sp³-hybridized carbons (Fsp3) is 0.682. The number of hydrogen-bond donors (Lipinski definition) is 0. The minimum absolute atomic E-state index is 0.773. The Morgan fingerprint density at radius 1 is 0.900 bits per heavy atom. The van der Waals surface area contributed by atoms with Gasteiger partial charge in [-0.2, -0.15) is 5.10 Å². The van der Waals surface area contributed by atoms with Gasteiger partial charge in [0.05, 0.1) is 24.6 Å². The van der Waals surface area contributed by atoms with E-state index >= 15 is 0 Å². The van der Waals surface area contributed by atoms with E-state index in [4.69, 9.17) is 14.8 Å². The Kier molecular flexibility index (Phi) is 5.60. The lowest BCUT2D eigenvalue weighted by molar-refractivity contribution is 0.122. The molecule has 0 radical (unpaired) electrons. The van der Waals surface area contributed by atoms with Gasteiger partial charge in [-0.3, -0.25) is 9.58 Å². The summed E-state index contributed by atoms with van der Waals surface area (Å²) in [6.07, 6.45) is 4.93. The maximum absolute atomic E-state index is 5.49. The van der Waals surface area contributed by atoms with E-state index in [1.54, 1.807) is 0 Å². The zero-order chi connectivity index (χ0) is 20.5. The number of ether oxygens (including phenoxy) is 1. The van der Waals surface area contributed by atoms with Gasteiger partial charge in [0.25, 0.3) is 0 Å². The van der Waals surface area contributed by atoms with Gasteiger partial charge in [0.15, 0.2) is 0 Å². The summed E-state index contributed by atoms with van der Waals surface area (Å²) in [5.74, 6) is 2.93. The van der Waals surface area contributed by atoms with Crippen molar-refractivity contribution in [1.29, 1.82) is 0 Å². The predicted molar refractivity (Wildman–Crippen MR) is 117 cm³/mol. The second kappa shape index (κ2) is 8.51. The summed E-state index contributed by atoms with van der Waals surface area (Å²) in [5, 5.41) is 4.79. The summed E-state index contributed by atoms with van der Waals surface area (Å²) in [6, 6.07) is 2.16.